The van der Waals surface area contributed by atoms with Gasteiger partial charge in [-0.2, -0.15) is 0 Å². The molecule has 0 saturated heterocycles. The van der Waals surface area contributed by atoms with Gasteiger partial charge in [-0.25, -0.2) is 14.1 Å². The first-order chi connectivity index (χ1) is 11.9. The van der Waals surface area contributed by atoms with Crippen LogP contribution >= 0.6 is 15.9 Å². The van der Waals surface area contributed by atoms with Crippen LogP contribution in [0.5, 0.6) is 0 Å². The molecule has 0 spiro atoms. The van der Waals surface area contributed by atoms with Crippen LogP contribution in [0.15, 0.2) is 35.1 Å². The van der Waals surface area contributed by atoms with E-state index in [1.807, 2.05) is 0 Å². The van der Waals surface area contributed by atoms with Gasteiger partial charge < -0.3 is 10.1 Å². The predicted octanol–water partition coefficient (Wildman–Crippen LogP) is 2.11. The van der Waals surface area contributed by atoms with E-state index < -0.39 is 16.6 Å². The number of anilines is 1. The maximum atomic E-state index is 12.9. The number of carbonyl (C=O) groups excluding carboxylic acids is 1. The zero-order chi connectivity index (χ0) is 18.0. The Hall–Kier alpha value is -3.15. The van der Waals surface area contributed by atoms with E-state index in [4.69, 9.17) is 0 Å². The summed E-state index contributed by atoms with van der Waals surface area (Å²) in [4.78, 5) is 26.1. The summed E-state index contributed by atoms with van der Waals surface area (Å²) in [7, 11) is 0. The third kappa shape index (κ3) is 3.68. The Kier molecular flexibility index (Phi) is 4.52. The highest BCUT2D eigenvalue weighted by Crippen LogP contribution is 2.25. The zero-order valence-electron chi connectivity index (χ0n) is 12.3. The largest absolute Gasteiger partial charge is 0.358 e. The molecule has 2 heterocycles. The molecule has 0 aliphatic rings. The van der Waals surface area contributed by atoms with Gasteiger partial charge in [-0.05, 0) is 38.5 Å². The second kappa shape index (κ2) is 6.76. The van der Waals surface area contributed by atoms with Crippen LogP contribution in [0.2, 0.25) is 0 Å². The number of carbonyl (C=O) groups is 1. The summed E-state index contributed by atoms with van der Waals surface area (Å²) < 4.78 is 14.3. The molecule has 128 valence electrons. The molecular formula is C13H9BrFN7O3. The van der Waals surface area contributed by atoms with E-state index in [0.29, 0.717) is 6.54 Å². The molecule has 0 radical (unpaired) electrons. The molecule has 10 nitrogen and oxygen atoms in total. The molecule has 25 heavy (non-hydrogen) atoms. The minimum Gasteiger partial charge on any atom is -0.358 e. The van der Waals surface area contributed by atoms with Crippen LogP contribution in [0.1, 0.15) is 16.1 Å². The van der Waals surface area contributed by atoms with Crippen LogP contribution < -0.4 is 5.32 Å². The third-order valence-corrected chi connectivity index (χ3v) is 3.86. The smallest absolute Gasteiger partial charge is 0.357 e. The normalized spacial score (nSPS) is 10.6. The lowest BCUT2D eigenvalue weighted by Gasteiger charge is -2.01. The van der Waals surface area contributed by atoms with E-state index in [0.717, 1.165) is 5.56 Å². The van der Waals surface area contributed by atoms with Crippen LogP contribution in [-0.2, 0) is 6.54 Å². The molecule has 0 aliphatic carbocycles. The number of benzene rings is 1. The predicted molar refractivity (Wildman–Crippen MR) is 86.4 cm³/mol. The molecular weight excluding hydrogens is 401 g/mol. The van der Waals surface area contributed by atoms with Crippen molar-refractivity contribution < 1.29 is 14.1 Å². The van der Waals surface area contributed by atoms with E-state index in [9.17, 15) is 19.3 Å². The van der Waals surface area contributed by atoms with Crippen molar-refractivity contribution in [2.24, 2.45) is 0 Å². The van der Waals surface area contributed by atoms with Crippen molar-refractivity contribution in [3.05, 3.63) is 62.3 Å². The van der Waals surface area contributed by atoms with Crippen molar-refractivity contribution in [2.45, 2.75) is 6.54 Å². The molecule has 0 aliphatic heterocycles. The van der Waals surface area contributed by atoms with Crippen LogP contribution in [0.3, 0.4) is 0 Å². The number of halogens is 2. The number of hydrogen-bond donors (Lipinski definition) is 2. The first-order valence-corrected chi connectivity index (χ1v) is 7.57. The van der Waals surface area contributed by atoms with Gasteiger partial charge in [0.05, 0.1) is 6.54 Å². The first-order valence-electron chi connectivity index (χ1n) is 6.77. The Balaban J connectivity index is 1.69. The van der Waals surface area contributed by atoms with E-state index in [2.05, 4.69) is 41.5 Å². The highest BCUT2D eigenvalue weighted by atomic mass is 79.9. The summed E-state index contributed by atoms with van der Waals surface area (Å²) >= 11 is 2.95. The molecule has 0 unspecified atom stereocenters. The number of hydrogen-bond acceptors (Lipinski definition) is 6. The van der Waals surface area contributed by atoms with E-state index in [1.54, 1.807) is 12.1 Å². The van der Waals surface area contributed by atoms with Crippen LogP contribution in [-0.4, -0.2) is 35.8 Å². The molecule has 3 aromatic rings. The van der Waals surface area contributed by atoms with Crippen molar-refractivity contribution in [1.29, 1.82) is 0 Å². The van der Waals surface area contributed by atoms with Crippen molar-refractivity contribution in [3.8, 4) is 0 Å². The molecule has 2 N–H and O–H groups in total. The fraction of sp³-hybridized carbons (Fsp3) is 0.0769. The lowest BCUT2D eigenvalue weighted by Crippen LogP contribution is -2.14. The quantitative estimate of drug-likeness (QED) is 0.489. The Labute approximate surface area is 147 Å². The minimum atomic E-state index is -0.712. The Morgan fingerprint density at radius 1 is 1.40 bits per heavy atom. The lowest BCUT2D eigenvalue weighted by atomic mass is 10.2. The maximum absolute atomic E-state index is 12.9. The van der Waals surface area contributed by atoms with Crippen LogP contribution in [0.4, 0.5) is 16.2 Å². The molecule has 3 rings (SSSR count). The Bertz CT molecular complexity index is 938. The average Bonchev–Trinajstić information content (AvgIpc) is 3.16. The molecule has 2 aromatic heterocycles. The van der Waals surface area contributed by atoms with Crippen molar-refractivity contribution in [2.75, 3.05) is 5.32 Å². The summed E-state index contributed by atoms with van der Waals surface area (Å²) in [5, 5.41) is 22.9. The second-order valence-electron chi connectivity index (χ2n) is 4.84. The van der Waals surface area contributed by atoms with Crippen LogP contribution in [0.25, 0.3) is 0 Å². The van der Waals surface area contributed by atoms with Gasteiger partial charge in [0.25, 0.3) is 5.91 Å². The van der Waals surface area contributed by atoms with Gasteiger partial charge in [-0.1, -0.05) is 17.2 Å². The maximum Gasteiger partial charge on any atom is 0.357 e. The number of rotatable bonds is 5. The van der Waals surface area contributed by atoms with E-state index >= 15 is 0 Å². The number of amides is 1. The first kappa shape index (κ1) is 16.7. The number of nitrogens with one attached hydrogen (secondary N) is 2. The summed E-state index contributed by atoms with van der Waals surface area (Å²) in [6.07, 6.45) is 1.39. The zero-order valence-corrected chi connectivity index (χ0v) is 13.9. The third-order valence-electron chi connectivity index (χ3n) is 3.11. The second-order valence-corrected chi connectivity index (χ2v) is 5.63. The Morgan fingerprint density at radius 3 is 2.76 bits per heavy atom. The van der Waals surface area contributed by atoms with Gasteiger partial charge in [0.15, 0.2) is 5.69 Å². The number of nitrogens with zero attached hydrogens (tertiary/aromatic N) is 5. The number of aromatic nitrogens is 5. The topological polar surface area (TPSA) is 132 Å². The number of nitro groups is 1. The van der Waals surface area contributed by atoms with Gasteiger partial charge in [-0.3, -0.25) is 10.1 Å². The minimum absolute atomic E-state index is 0.00432. The SMILES string of the molecule is O=C(Nc1ncn(Cc2ccc(F)cc2)n1)c1n[nH]c([N+](=O)[O-])c1Br. The molecule has 1 aromatic carbocycles. The summed E-state index contributed by atoms with van der Waals surface area (Å²) in [5.41, 5.74) is 0.608. The summed E-state index contributed by atoms with van der Waals surface area (Å²) in [6, 6.07) is 5.87. The standard InChI is InChI=1S/C13H9BrFN7O3/c14-9-10(18-19-11(9)22(24)25)12(23)17-13-16-6-21(20-13)5-7-1-3-8(15)4-2-7/h1-4,6H,5H2,(H,18,19)(H,17,20,23). The lowest BCUT2D eigenvalue weighted by molar-refractivity contribution is -0.390. The average molecular weight is 410 g/mol. The van der Waals surface area contributed by atoms with Gasteiger partial charge in [0, 0.05) is 0 Å². The van der Waals surface area contributed by atoms with Gasteiger partial charge in [0.2, 0.25) is 5.95 Å². The van der Waals surface area contributed by atoms with Gasteiger partial charge >= 0.3 is 5.82 Å². The molecule has 0 fully saturated rings. The summed E-state index contributed by atoms with van der Waals surface area (Å²) in [5.74, 6) is -1.48. The number of aromatic amines is 1. The molecule has 0 saturated carbocycles. The fourth-order valence-electron chi connectivity index (χ4n) is 1.96. The van der Waals surface area contributed by atoms with E-state index in [1.165, 1.54) is 23.1 Å². The van der Waals surface area contributed by atoms with E-state index in [-0.39, 0.29) is 21.9 Å². The van der Waals surface area contributed by atoms with Gasteiger partial charge in [-0.15, -0.1) is 10.2 Å². The molecule has 0 atom stereocenters. The monoisotopic (exact) mass is 409 g/mol. The Morgan fingerprint density at radius 2 is 2.12 bits per heavy atom. The highest BCUT2D eigenvalue weighted by molar-refractivity contribution is 9.10. The van der Waals surface area contributed by atoms with Crippen molar-refractivity contribution in [1.82, 2.24) is 25.0 Å². The van der Waals surface area contributed by atoms with Crippen molar-refractivity contribution >= 4 is 33.6 Å². The fourth-order valence-corrected chi connectivity index (χ4v) is 2.46. The molecule has 0 bridgehead atoms. The van der Waals surface area contributed by atoms with Crippen molar-refractivity contribution in [3.63, 3.8) is 0 Å². The highest BCUT2D eigenvalue weighted by Gasteiger charge is 2.25. The molecule has 1 amide bonds. The van der Waals surface area contributed by atoms with Gasteiger partial charge in [0.1, 0.15) is 16.6 Å². The number of H-pyrrole nitrogens is 1. The van der Waals surface area contributed by atoms with Crippen LogP contribution in [0, 0.1) is 15.9 Å². The summed E-state index contributed by atoms with van der Waals surface area (Å²) in [6.45, 7) is 0.334. The molecule has 12 heteroatoms.